The highest BCUT2D eigenvalue weighted by molar-refractivity contribution is 7.90. The lowest BCUT2D eigenvalue weighted by atomic mass is 9.87. The summed E-state index contributed by atoms with van der Waals surface area (Å²) in [6.07, 6.45) is 5.89. The third-order valence-electron chi connectivity index (χ3n) is 6.50. The molecule has 0 unspecified atom stereocenters. The van der Waals surface area contributed by atoms with Crippen LogP contribution in [-0.4, -0.2) is 29.2 Å². The predicted molar refractivity (Wildman–Crippen MR) is 126 cm³/mol. The minimum absolute atomic E-state index is 0.0445. The van der Waals surface area contributed by atoms with Crippen molar-refractivity contribution in [3.05, 3.63) is 71.2 Å². The van der Waals surface area contributed by atoms with Gasteiger partial charge in [-0.25, -0.2) is 9.52 Å². The number of nitrogens with one attached hydrogen (secondary N) is 2. The van der Waals surface area contributed by atoms with Crippen LogP contribution in [0.3, 0.4) is 0 Å². The van der Waals surface area contributed by atoms with Gasteiger partial charge in [-0.2, -0.15) is 22.3 Å². The number of halogens is 2. The van der Waals surface area contributed by atoms with Gasteiger partial charge in [0.1, 0.15) is 0 Å². The zero-order valence-corrected chi connectivity index (χ0v) is 19.7. The SMILES string of the molecule is Cc1cc2c(c(NC(=O)NS(=O)(=O)c3ccn(C4CC(=C(F)F)C4)n3)c1-c1ccncc1)CCC2. The van der Waals surface area contributed by atoms with Crippen molar-refractivity contribution < 1.29 is 22.0 Å². The molecule has 182 valence electrons. The molecule has 3 aromatic rings. The van der Waals surface area contributed by atoms with E-state index in [-0.39, 0.29) is 29.5 Å². The molecule has 2 heterocycles. The standard InChI is InChI=1S/C24H23F2N5O3S/c1-14-11-16-3-2-4-19(16)22(21(14)15-5-8-27-9-6-15)28-24(32)30-35(33,34)20-7-10-31(29-20)18-12-17(13-18)23(25)26/h5-11,18H,2-4,12-13H2,1H3,(H2,28,30,32). The third-order valence-corrected chi connectivity index (χ3v) is 7.72. The highest BCUT2D eigenvalue weighted by Crippen LogP contribution is 2.41. The highest BCUT2D eigenvalue weighted by atomic mass is 32.2. The van der Waals surface area contributed by atoms with Gasteiger partial charge in [-0.1, -0.05) is 6.07 Å². The molecular formula is C24H23F2N5O3S. The van der Waals surface area contributed by atoms with Crippen LogP contribution in [0.1, 0.15) is 42.0 Å². The second-order valence-corrected chi connectivity index (χ2v) is 10.4. The van der Waals surface area contributed by atoms with E-state index in [2.05, 4.69) is 21.5 Å². The van der Waals surface area contributed by atoms with Gasteiger partial charge in [-0.05, 0) is 85.1 Å². The number of hydrogen-bond donors (Lipinski definition) is 2. The number of pyridine rings is 1. The van der Waals surface area contributed by atoms with Crippen LogP contribution >= 0.6 is 0 Å². The summed E-state index contributed by atoms with van der Waals surface area (Å²) < 4.78 is 54.3. The average molecular weight is 500 g/mol. The molecule has 2 amide bonds. The van der Waals surface area contributed by atoms with Gasteiger partial charge in [0, 0.05) is 24.2 Å². The first-order chi connectivity index (χ1) is 16.7. The normalized spacial score (nSPS) is 17.0. The van der Waals surface area contributed by atoms with Crippen molar-refractivity contribution >= 4 is 21.7 Å². The van der Waals surface area contributed by atoms with Crippen molar-refractivity contribution in [1.29, 1.82) is 0 Å². The summed E-state index contributed by atoms with van der Waals surface area (Å²) in [5.74, 6) is 0. The van der Waals surface area contributed by atoms with E-state index in [9.17, 15) is 22.0 Å². The maximum atomic E-state index is 12.9. The lowest BCUT2D eigenvalue weighted by Crippen LogP contribution is -2.35. The van der Waals surface area contributed by atoms with Crippen molar-refractivity contribution in [3.63, 3.8) is 0 Å². The number of hydrogen-bond acceptors (Lipinski definition) is 5. The number of nitrogens with zero attached hydrogens (tertiary/aromatic N) is 3. The fourth-order valence-corrected chi connectivity index (χ4v) is 5.59. The number of anilines is 1. The van der Waals surface area contributed by atoms with E-state index in [1.54, 1.807) is 12.4 Å². The molecule has 2 N–H and O–H groups in total. The Morgan fingerprint density at radius 1 is 1.14 bits per heavy atom. The van der Waals surface area contributed by atoms with Crippen LogP contribution in [0.5, 0.6) is 0 Å². The molecule has 2 aliphatic carbocycles. The van der Waals surface area contributed by atoms with Gasteiger partial charge in [0.2, 0.25) is 0 Å². The van der Waals surface area contributed by atoms with E-state index < -0.39 is 22.1 Å². The van der Waals surface area contributed by atoms with Crippen LogP contribution in [-0.2, 0) is 22.9 Å². The molecule has 35 heavy (non-hydrogen) atoms. The van der Waals surface area contributed by atoms with Gasteiger partial charge in [0.05, 0.1) is 11.7 Å². The molecule has 0 spiro atoms. The van der Waals surface area contributed by atoms with Crippen LogP contribution < -0.4 is 10.0 Å². The fraction of sp³-hybridized carbons (Fsp3) is 0.292. The number of urea groups is 1. The first-order valence-corrected chi connectivity index (χ1v) is 12.7. The lowest BCUT2D eigenvalue weighted by molar-refractivity contribution is 0.256. The number of aryl methyl sites for hydroxylation is 2. The van der Waals surface area contributed by atoms with E-state index in [1.165, 1.54) is 16.9 Å². The first kappa shape index (κ1) is 23.2. The Labute approximate surface area is 201 Å². The van der Waals surface area contributed by atoms with Crippen molar-refractivity contribution in [2.24, 2.45) is 0 Å². The van der Waals surface area contributed by atoms with E-state index >= 15 is 0 Å². The van der Waals surface area contributed by atoms with Gasteiger partial charge < -0.3 is 5.32 Å². The number of aromatic nitrogens is 3. The van der Waals surface area contributed by atoms with E-state index in [4.69, 9.17) is 0 Å². The molecule has 0 bridgehead atoms. The molecule has 2 aromatic heterocycles. The Bertz CT molecular complexity index is 1440. The number of fused-ring (bicyclic) bond motifs is 1. The molecule has 1 saturated carbocycles. The summed E-state index contributed by atoms with van der Waals surface area (Å²) >= 11 is 0. The fourth-order valence-electron chi connectivity index (χ4n) is 4.75. The minimum Gasteiger partial charge on any atom is -0.306 e. The van der Waals surface area contributed by atoms with Crippen molar-refractivity contribution in [2.45, 2.75) is 50.1 Å². The molecule has 0 aliphatic heterocycles. The van der Waals surface area contributed by atoms with Gasteiger partial charge in [-0.15, -0.1) is 0 Å². The molecule has 0 saturated heterocycles. The molecule has 1 aromatic carbocycles. The Morgan fingerprint density at radius 2 is 1.89 bits per heavy atom. The van der Waals surface area contributed by atoms with Crippen LogP contribution in [0.15, 0.2) is 59.5 Å². The maximum Gasteiger partial charge on any atom is 0.333 e. The number of carbonyl (C=O) groups excluding carboxylic acids is 1. The number of carbonyl (C=O) groups is 1. The molecule has 8 nitrogen and oxygen atoms in total. The number of sulfonamides is 1. The van der Waals surface area contributed by atoms with Crippen molar-refractivity contribution in [2.75, 3.05) is 5.32 Å². The second kappa shape index (κ2) is 8.88. The molecule has 0 atom stereocenters. The van der Waals surface area contributed by atoms with Crippen molar-refractivity contribution in [1.82, 2.24) is 19.5 Å². The Kier molecular flexibility index (Phi) is 5.87. The molecule has 0 radical (unpaired) electrons. The van der Waals surface area contributed by atoms with Gasteiger partial charge in [0.25, 0.3) is 16.1 Å². The topological polar surface area (TPSA) is 106 Å². The smallest absolute Gasteiger partial charge is 0.306 e. The van der Waals surface area contributed by atoms with E-state index in [0.717, 1.165) is 47.1 Å². The molecular weight excluding hydrogens is 476 g/mol. The first-order valence-electron chi connectivity index (χ1n) is 11.2. The number of benzene rings is 1. The largest absolute Gasteiger partial charge is 0.333 e. The van der Waals surface area contributed by atoms with Crippen LogP contribution in [0.25, 0.3) is 11.1 Å². The Hall–Kier alpha value is -3.60. The van der Waals surface area contributed by atoms with Crippen LogP contribution in [0.4, 0.5) is 19.3 Å². The summed E-state index contributed by atoms with van der Waals surface area (Å²) in [6, 6.07) is 5.80. The van der Waals surface area contributed by atoms with E-state index in [1.807, 2.05) is 23.8 Å². The second-order valence-electron chi connectivity index (χ2n) is 8.79. The zero-order chi connectivity index (χ0) is 24.7. The minimum atomic E-state index is -4.27. The summed E-state index contributed by atoms with van der Waals surface area (Å²) in [6.45, 7) is 1.96. The predicted octanol–water partition coefficient (Wildman–Crippen LogP) is 4.74. The summed E-state index contributed by atoms with van der Waals surface area (Å²) in [5, 5.41) is 6.43. The molecule has 11 heteroatoms. The number of amides is 2. The van der Waals surface area contributed by atoms with Gasteiger partial charge in [-0.3, -0.25) is 9.67 Å². The maximum absolute atomic E-state index is 12.9. The summed E-state index contributed by atoms with van der Waals surface area (Å²) in [4.78, 5) is 16.9. The van der Waals surface area contributed by atoms with E-state index in [0.29, 0.717) is 5.69 Å². The molecule has 1 fully saturated rings. The number of allylic oxidation sites excluding steroid dienone is 1. The monoisotopic (exact) mass is 499 g/mol. The summed E-state index contributed by atoms with van der Waals surface area (Å²) in [5.41, 5.74) is 5.41. The van der Waals surface area contributed by atoms with Crippen LogP contribution in [0, 0.1) is 6.92 Å². The summed E-state index contributed by atoms with van der Waals surface area (Å²) in [7, 11) is -4.27. The quantitative estimate of drug-likeness (QED) is 0.528. The molecule has 2 aliphatic rings. The lowest BCUT2D eigenvalue weighted by Gasteiger charge is -2.28. The Balaban J connectivity index is 1.38. The van der Waals surface area contributed by atoms with Crippen molar-refractivity contribution in [3.8, 4) is 11.1 Å². The zero-order valence-electron chi connectivity index (χ0n) is 18.9. The van der Waals surface area contributed by atoms with Crippen LogP contribution in [0.2, 0.25) is 0 Å². The van der Waals surface area contributed by atoms with Gasteiger partial charge >= 0.3 is 6.03 Å². The van der Waals surface area contributed by atoms with Gasteiger partial charge in [0.15, 0.2) is 5.03 Å². The number of rotatable bonds is 5. The highest BCUT2D eigenvalue weighted by Gasteiger charge is 2.31. The third kappa shape index (κ3) is 4.43. The molecule has 5 rings (SSSR count). The average Bonchev–Trinajstić information content (AvgIpc) is 3.43. The Morgan fingerprint density at radius 3 is 2.60 bits per heavy atom.